The fraction of sp³-hybridized carbons (Fsp3) is 0.0400. The molecule has 1 amide bonds. The molecule has 0 saturated heterocycles. The summed E-state index contributed by atoms with van der Waals surface area (Å²) in [5.41, 5.74) is 5.24. The summed E-state index contributed by atoms with van der Waals surface area (Å²) in [4.78, 5) is 12.3. The lowest BCUT2D eigenvalue weighted by molar-refractivity contribution is -0.118. The number of hydrazone groups is 1. The van der Waals surface area contributed by atoms with E-state index in [-0.39, 0.29) is 11.7 Å². The number of hydrogen-bond acceptors (Lipinski definition) is 5. The largest absolute Gasteiger partial charge is 0.272 e. The zero-order chi connectivity index (χ0) is 23.8. The first-order chi connectivity index (χ1) is 16.6. The van der Waals surface area contributed by atoms with Crippen LogP contribution in [0.3, 0.4) is 0 Å². The Labute approximate surface area is 211 Å². The van der Waals surface area contributed by atoms with Gasteiger partial charge in [0.2, 0.25) is 0 Å². The van der Waals surface area contributed by atoms with Gasteiger partial charge in [0.1, 0.15) is 0 Å². The van der Waals surface area contributed by atoms with Crippen LogP contribution in [0.15, 0.2) is 95.2 Å². The van der Waals surface area contributed by atoms with Crippen molar-refractivity contribution in [2.45, 2.75) is 5.16 Å². The van der Waals surface area contributed by atoms with Crippen LogP contribution in [-0.2, 0) is 4.79 Å². The molecule has 0 fully saturated rings. The topological polar surface area (TPSA) is 72.2 Å². The first-order valence-corrected chi connectivity index (χ1v) is 12.0. The molecule has 0 radical (unpaired) electrons. The molecular formula is C25H19Cl2N5OS. The second kappa shape index (κ2) is 11.7. The molecule has 0 saturated carbocycles. The minimum atomic E-state index is -0.256. The summed E-state index contributed by atoms with van der Waals surface area (Å²) in [5.74, 6) is 0.491. The van der Waals surface area contributed by atoms with Crippen molar-refractivity contribution in [3.63, 3.8) is 0 Å². The Morgan fingerprint density at radius 2 is 1.62 bits per heavy atom. The number of rotatable bonds is 8. The Kier molecular flexibility index (Phi) is 8.14. The molecule has 0 aliphatic rings. The molecule has 34 heavy (non-hydrogen) atoms. The summed E-state index contributed by atoms with van der Waals surface area (Å²) in [6.07, 6.45) is 5.19. The zero-order valence-electron chi connectivity index (χ0n) is 17.8. The number of amides is 1. The predicted molar refractivity (Wildman–Crippen MR) is 140 cm³/mol. The summed E-state index contributed by atoms with van der Waals surface area (Å²) < 4.78 is 1.88. The molecule has 1 N–H and O–H groups in total. The van der Waals surface area contributed by atoms with Crippen molar-refractivity contribution >= 4 is 53.2 Å². The SMILES string of the molecule is O=C(CSc1nnc(-c2ccc(Cl)cc2)n1-c1ccc(Cl)cc1)N/N=C\C=C\c1ccccc1. The molecule has 6 nitrogen and oxygen atoms in total. The lowest BCUT2D eigenvalue weighted by atomic mass is 10.2. The summed E-state index contributed by atoms with van der Waals surface area (Å²) in [5, 5.41) is 14.4. The summed E-state index contributed by atoms with van der Waals surface area (Å²) in [7, 11) is 0. The fourth-order valence-corrected chi connectivity index (χ4v) is 4.00. The molecule has 0 spiro atoms. The third kappa shape index (κ3) is 6.35. The van der Waals surface area contributed by atoms with Crippen LogP contribution in [0, 0.1) is 0 Å². The smallest absolute Gasteiger partial charge is 0.250 e. The molecule has 4 rings (SSSR count). The summed E-state index contributed by atoms with van der Waals surface area (Å²) >= 11 is 13.4. The van der Waals surface area contributed by atoms with Crippen LogP contribution in [-0.4, -0.2) is 32.6 Å². The van der Waals surface area contributed by atoms with Crippen LogP contribution in [0.25, 0.3) is 23.2 Å². The van der Waals surface area contributed by atoms with Crippen molar-refractivity contribution in [3.8, 4) is 17.1 Å². The third-order valence-corrected chi connectivity index (χ3v) is 6.02. The average molecular weight is 508 g/mol. The van der Waals surface area contributed by atoms with Crippen molar-refractivity contribution < 1.29 is 4.79 Å². The van der Waals surface area contributed by atoms with Crippen LogP contribution < -0.4 is 5.43 Å². The van der Waals surface area contributed by atoms with E-state index >= 15 is 0 Å². The van der Waals surface area contributed by atoms with Crippen LogP contribution in [0.5, 0.6) is 0 Å². The second-order valence-corrected chi connectivity index (χ2v) is 8.81. The molecule has 4 aromatic rings. The Bertz CT molecular complexity index is 1300. The minimum Gasteiger partial charge on any atom is -0.272 e. The van der Waals surface area contributed by atoms with Crippen LogP contribution in [0.2, 0.25) is 10.0 Å². The van der Waals surface area contributed by atoms with Crippen molar-refractivity contribution in [3.05, 3.63) is 101 Å². The highest BCUT2D eigenvalue weighted by Gasteiger charge is 2.17. The maximum atomic E-state index is 12.3. The van der Waals surface area contributed by atoms with E-state index in [9.17, 15) is 4.79 Å². The minimum absolute atomic E-state index is 0.117. The number of carbonyl (C=O) groups is 1. The van der Waals surface area contributed by atoms with E-state index in [2.05, 4.69) is 20.7 Å². The number of aromatic nitrogens is 3. The molecule has 9 heteroatoms. The second-order valence-electron chi connectivity index (χ2n) is 7.00. The van der Waals surface area contributed by atoms with E-state index in [1.807, 2.05) is 65.2 Å². The van der Waals surface area contributed by atoms with Gasteiger partial charge in [-0.05, 0) is 60.2 Å². The van der Waals surface area contributed by atoms with Gasteiger partial charge in [0.05, 0.1) is 5.75 Å². The van der Waals surface area contributed by atoms with E-state index in [0.717, 1.165) is 16.8 Å². The molecule has 170 valence electrons. The van der Waals surface area contributed by atoms with Gasteiger partial charge in [0.25, 0.3) is 5.91 Å². The third-order valence-electron chi connectivity index (χ3n) is 4.59. The molecule has 3 aromatic carbocycles. The number of thioether (sulfide) groups is 1. The maximum Gasteiger partial charge on any atom is 0.250 e. The van der Waals surface area contributed by atoms with E-state index in [1.165, 1.54) is 18.0 Å². The quantitative estimate of drug-likeness (QED) is 0.176. The van der Waals surface area contributed by atoms with Crippen molar-refractivity contribution in [2.75, 3.05) is 5.75 Å². The molecule has 0 aliphatic heterocycles. The summed E-state index contributed by atoms with van der Waals surface area (Å²) in [6.45, 7) is 0. The lowest BCUT2D eigenvalue weighted by Gasteiger charge is -2.10. The number of hydrogen-bond donors (Lipinski definition) is 1. The molecule has 1 aromatic heterocycles. The van der Waals surface area contributed by atoms with Gasteiger partial charge in [-0.15, -0.1) is 10.2 Å². The van der Waals surface area contributed by atoms with Crippen LogP contribution in [0.1, 0.15) is 5.56 Å². The van der Waals surface area contributed by atoms with Crippen LogP contribution >= 0.6 is 35.0 Å². The van der Waals surface area contributed by atoms with Gasteiger partial charge in [-0.2, -0.15) is 5.10 Å². The molecule has 0 aliphatic carbocycles. The number of carbonyl (C=O) groups excluding carboxylic acids is 1. The van der Waals surface area contributed by atoms with E-state index < -0.39 is 0 Å². The van der Waals surface area contributed by atoms with Gasteiger partial charge in [-0.25, -0.2) is 5.43 Å². The van der Waals surface area contributed by atoms with Gasteiger partial charge >= 0.3 is 0 Å². The Morgan fingerprint density at radius 3 is 2.32 bits per heavy atom. The van der Waals surface area contributed by atoms with Crippen molar-refractivity contribution in [1.29, 1.82) is 0 Å². The first kappa shape index (κ1) is 23.8. The highest BCUT2D eigenvalue weighted by atomic mass is 35.5. The van der Waals surface area contributed by atoms with Crippen LogP contribution in [0.4, 0.5) is 0 Å². The number of nitrogens with one attached hydrogen (secondary N) is 1. The van der Waals surface area contributed by atoms with Crippen molar-refractivity contribution in [2.24, 2.45) is 5.10 Å². The number of nitrogens with zero attached hydrogens (tertiary/aromatic N) is 4. The first-order valence-electron chi connectivity index (χ1n) is 10.2. The summed E-state index contributed by atoms with van der Waals surface area (Å²) in [6, 6.07) is 24.5. The molecule has 0 bridgehead atoms. The highest BCUT2D eigenvalue weighted by Crippen LogP contribution is 2.29. The van der Waals surface area contributed by atoms with Crippen molar-refractivity contribution in [1.82, 2.24) is 20.2 Å². The van der Waals surface area contributed by atoms with Gasteiger partial charge in [-0.1, -0.05) is 71.4 Å². The number of halogens is 2. The van der Waals surface area contributed by atoms with Gasteiger partial charge in [0.15, 0.2) is 11.0 Å². The highest BCUT2D eigenvalue weighted by molar-refractivity contribution is 7.99. The average Bonchev–Trinajstić information content (AvgIpc) is 3.28. The fourth-order valence-electron chi connectivity index (χ4n) is 3.01. The Hall–Kier alpha value is -3.39. The normalized spacial score (nSPS) is 11.4. The van der Waals surface area contributed by atoms with E-state index in [1.54, 1.807) is 30.3 Å². The van der Waals surface area contributed by atoms with E-state index in [0.29, 0.717) is 21.0 Å². The molecule has 1 heterocycles. The monoisotopic (exact) mass is 507 g/mol. The molecule has 0 unspecified atom stereocenters. The Morgan fingerprint density at radius 1 is 0.941 bits per heavy atom. The maximum absolute atomic E-state index is 12.3. The van der Waals surface area contributed by atoms with Gasteiger partial charge in [-0.3, -0.25) is 9.36 Å². The zero-order valence-corrected chi connectivity index (χ0v) is 20.1. The Balaban J connectivity index is 1.45. The molecular weight excluding hydrogens is 489 g/mol. The van der Waals surface area contributed by atoms with Gasteiger partial charge < -0.3 is 0 Å². The molecule has 0 atom stereocenters. The van der Waals surface area contributed by atoms with Gasteiger partial charge in [0, 0.05) is 27.5 Å². The number of allylic oxidation sites excluding steroid dienone is 1. The van der Waals surface area contributed by atoms with E-state index in [4.69, 9.17) is 23.2 Å². The standard InChI is InChI=1S/C25H19Cl2N5OS/c26-20-10-8-19(9-11-20)24-30-31-25(32(24)22-14-12-21(27)13-15-22)34-17-23(33)29-28-16-4-7-18-5-2-1-3-6-18/h1-16H,17H2,(H,29,33)/b7-4+,28-16-. The predicted octanol–water partition coefficient (Wildman–Crippen LogP) is 6.15. The number of benzene rings is 3. The lowest BCUT2D eigenvalue weighted by Crippen LogP contribution is -2.19.